The highest BCUT2D eigenvalue weighted by molar-refractivity contribution is 5.87. The molecule has 0 aromatic heterocycles. The van der Waals surface area contributed by atoms with Gasteiger partial charge in [-0.05, 0) is 57.8 Å². The second kappa shape index (κ2) is 14.6. The standard InChI is InChI=1S/C41H53F9N2O3/c1-34(2,3)25-17-23-21-51-29-15-13-14-16-30(29)52-22-24-18-26(35(4,5)6)20-28(37(10,11)12)32(24)54-33(53-31(23)27(19-25)36(7,8)9)55-38(39(42,43)44,40(45,46)47)41(48,49)50/h17-22,29-30,33H,13-16H2,1-12H3/b51-21+,52-22+/t29-,30-/m1/s1. The molecule has 1 aliphatic heterocycles. The minimum Gasteiger partial charge on any atom is -0.431 e. The molecule has 2 aromatic rings. The summed E-state index contributed by atoms with van der Waals surface area (Å²) in [5.41, 5.74) is -7.45. The Morgan fingerprint density at radius 3 is 1.11 bits per heavy atom. The van der Waals surface area contributed by atoms with Gasteiger partial charge < -0.3 is 9.47 Å². The molecule has 1 heterocycles. The molecule has 0 amide bonds. The summed E-state index contributed by atoms with van der Waals surface area (Å²) in [4.78, 5) is 9.69. The molecule has 5 nitrogen and oxygen atoms in total. The molecule has 1 fully saturated rings. The maximum absolute atomic E-state index is 14.6. The summed E-state index contributed by atoms with van der Waals surface area (Å²) in [5.74, 6) is -0.681. The van der Waals surface area contributed by atoms with Crippen LogP contribution < -0.4 is 9.47 Å². The highest BCUT2D eigenvalue weighted by Gasteiger charge is 2.86. The Bertz CT molecular complexity index is 1630. The maximum atomic E-state index is 14.6. The van der Waals surface area contributed by atoms with Gasteiger partial charge in [0.2, 0.25) is 0 Å². The highest BCUT2D eigenvalue weighted by Crippen LogP contribution is 2.56. The minimum absolute atomic E-state index is 0.109. The van der Waals surface area contributed by atoms with Gasteiger partial charge in [0, 0.05) is 34.7 Å². The van der Waals surface area contributed by atoms with Crippen LogP contribution in [-0.4, -0.2) is 55.1 Å². The molecular formula is C41H53F9N2O3. The molecule has 1 aliphatic carbocycles. The van der Waals surface area contributed by atoms with E-state index in [0.29, 0.717) is 24.0 Å². The molecule has 2 aromatic carbocycles. The van der Waals surface area contributed by atoms with E-state index >= 15 is 0 Å². The van der Waals surface area contributed by atoms with Crippen molar-refractivity contribution in [3.63, 3.8) is 0 Å². The molecule has 0 unspecified atom stereocenters. The van der Waals surface area contributed by atoms with E-state index in [1.165, 1.54) is 12.4 Å². The third-order valence-corrected chi connectivity index (χ3v) is 9.99. The molecule has 4 rings (SSSR count). The third kappa shape index (κ3) is 9.31. The fourth-order valence-corrected chi connectivity index (χ4v) is 6.62. The van der Waals surface area contributed by atoms with Gasteiger partial charge in [0.1, 0.15) is 11.5 Å². The Kier molecular flexibility index (Phi) is 11.8. The lowest BCUT2D eigenvalue weighted by molar-refractivity contribution is -0.486. The van der Waals surface area contributed by atoms with Crippen molar-refractivity contribution in [2.24, 2.45) is 9.98 Å². The molecule has 0 spiro atoms. The van der Waals surface area contributed by atoms with Gasteiger partial charge in [0.25, 0.3) is 0 Å². The summed E-state index contributed by atoms with van der Waals surface area (Å²) < 4.78 is 147. The molecule has 0 saturated heterocycles. The summed E-state index contributed by atoms with van der Waals surface area (Å²) >= 11 is 0. The molecule has 2 atom stereocenters. The first-order valence-electron chi connectivity index (χ1n) is 18.3. The lowest BCUT2D eigenvalue weighted by Gasteiger charge is -2.40. The number of hydrogen-bond donors (Lipinski definition) is 0. The Morgan fingerprint density at radius 2 is 0.836 bits per heavy atom. The predicted molar refractivity (Wildman–Crippen MR) is 196 cm³/mol. The van der Waals surface area contributed by atoms with Crippen LogP contribution >= 0.6 is 0 Å². The highest BCUT2D eigenvalue weighted by atomic mass is 19.4. The quantitative estimate of drug-likeness (QED) is 0.285. The second-order valence-electron chi connectivity index (χ2n) is 18.7. The van der Waals surface area contributed by atoms with Gasteiger partial charge in [-0.1, -0.05) is 108 Å². The molecule has 14 heteroatoms. The average Bonchev–Trinajstić information content (AvgIpc) is 2.99. The van der Waals surface area contributed by atoms with E-state index in [1.807, 2.05) is 41.5 Å². The normalized spacial score (nSPS) is 21.1. The van der Waals surface area contributed by atoms with Gasteiger partial charge in [-0.15, -0.1) is 0 Å². The van der Waals surface area contributed by atoms with Crippen LogP contribution in [0.2, 0.25) is 0 Å². The van der Waals surface area contributed by atoms with E-state index in [-0.39, 0.29) is 45.8 Å². The number of halogens is 9. The Hall–Kier alpha value is -3.29. The molecule has 0 N–H and O–H groups in total. The van der Waals surface area contributed by atoms with Gasteiger partial charge in [-0.2, -0.15) is 39.5 Å². The smallest absolute Gasteiger partial charge is 0.431 e. The van der Waals surface area contributed by atoms with Crippen molar-refractivity contribution in [3.05, 3.63) is 57.6 Å². The topological polar surface area (TPSA) is 52.4 Å². The number of aliphatic imine (C=N–C) groups is 2. The van der Waals surface area contributed by atoms with E-state index in [4.69, 9.17) is 19.5 Å². The van der Waals surface area contributed by atoms with Crippen molar-refractivity contribution in [2.75, 3.05) is 0 Å². The SMILES string of the molecule is CC(C)(C)c1cc2c(c(C(C)(C)C)c1)OC(OC(C(F)(F)F)(C(F)(F)F)C(F)(F)F)Oc1c(cc(C(C)(C)C)cc1C(C)(C)C)/C=N/[C@@H]1CCCC[C@H]1/N=C/2. The molecule has 55 heavy (non-hydrogen) atoms. The first-order chi connectivity index (χ1) is 24.7. The number of ether oxygens (including phenoxy) is 3. The molecule has 0 bridgehead atoms. The van der Waals surface area contributed by atoms with E-state index in [2.05, 4.69) is 4.74 Å². The van der Waals surface area contributed by atoms with Crippen LogP contribution in [0.15, 0.2) is 34.3 Å². The van der Waals surface area contributed by atoms with Gasteiger partial charge in [0.05, 0.1) is 12.1 Å². The van der Waals surface area contributed by atoms with Crippen LogP contribution in [0.3, 0.4) is 0 Å². The van der Waals surface area contributed by atoms with Crippen molar-refractivity contribution in [1.29, 1.82) is 0 Å². The Labute approximate surface area is 318 Å². The van der Waals surface area contributed by atoms with Crippen molar-refractivity contribution in [2.45, 2.75) is 173 Å². The number of fused-ring (bicyclic) bond motifs is 3. The lowest BCUT2D eigenvalue weighted by atomic mass is 9.79. The van der Waals surface area contributed by atoms with E-state index in [1.54, 1.807) is 65.8 Å². The largest absolute Gasteiger partial charge is 0.436 e. The fraction of sp³-hybridized carbons (Fsp3) is 0.659. The summed E-state index contributed by atoms with van der Waals surface area (Å²) in [7, 11) is 0. The second-order valence-corrected chi connectivity index (χ2v) is 18.7. The number of benzene rings is 2. The maximum Gasteiger partial charge on any atom is 0.436 e. The van der Waals surface area contributed by atoms with Crippen molar-refractivity contribution in [1.82, 2.24) is 0 Å². The minimum atomic E-state index is -7.06. The number of alkyl halides is 9. The fourth-order valence-electron chi connectivity index (χ4n) is 6.62. The molecule has 2 aliphatic rings. The monoisotopic (exact) mass is 792 g/mol. The Morgan fingerprint density at radius 1 is 0.509 bits per heavy atom. The van der Waals surface area contributed by atoms with Crippen LogP contribution in [0.1, 0.15) is 142 Å². The van der Waals surface area contributed by atoms with Crippen LogP contribution in [0, 0.1) is 0 Å². The van der Waals surface area contributed by atoms with Gasteiger partial charge in [-0.25, -0.2) is 0 Å². The van der Waals surface area contributed by atoms with Crippen molar-refractivity contribution < 1.29 is 53.7 Å². The first kappa shape index (κ1) is 44.4. The van der Waals surface area contributed by atoms with E-state index in [9.17, 15) is 39.5 Å². The zero-order valence-electron chi connectivity index (χ0n) is 33.5. The average molecular weight is 793 g/mol. The third-order valence-electron chi connectivity index (χ3n) is 9.99. The number of nitrogens with zero attached hydrogens (tertiary/aromatic N) is 2. The van der Waals surface area contributed by atoms with Crippen molar-refractivity contribution in [3.8, 4) is 11.5 Å². The zero-order chi connectivity index (χ0) is 42.0. The summed E-state index contributed by atoms with van der Waals surface area (Å²) in [6, 6.07) is 5.83. The molecule has 0 radical (unpaired) electrons. The van der Waals surface area contributed by atoms with Crippen molar-refractivity contribution >= 4 is 12.4 Å². The zero-order valence-corrected chi connectivity index (χ0v) is 33.5. The summed E-state index contributed by atoms with van der Waals surface area (Å²) in [6.07, 6.45) is -15.4. The molecular weight excluding hydrogens is 739 g/mol. The van der Waals surface area contributed by atoms with E-state index < -0.39 is 52.3 Å². The van der Waals surface area contributed by atoms with Crippen LogP contribution in [0.5, 0.6) is 11.5 Å². The Balaban J connectivity index is 2.22. The summed E-state index contributed by atoms with van der Waals surface area (Å²) in [6.45, 7) is 18.5. The predicted octanol–water partition coefficient (Wildman–Crippen LogP) is 12.2. The van der Waals surface area contributed by atoms with Crippen LogP contribution in [0.4, 0.5) is 39.5 Å². The van der Waals surface area contributed by atoms with Gasteiger partial charge >= 0.3 is 30.6 Å². The summed E-state index contributed by atoms with van der Waals surface area (Å²) in [5, 5.41) is 0. The first-order valence-corrected chi connectivity index (χ1v) is 18.3. The number of hydrogen-bond acceptors (Lipinski definition) is 5. The van der Waals surface area contributed by atoms with Gasteiger partial charge in [0.15, 0.2) is 0 Å². The van der Waals surface area contributed by atoms with E-state index in [0.717, 1.165) is 12.8 Å². The molecule has 1 saturated carbocycles. The van der Waals surface area contributed by atoms with Gasteiger partial charge in [-0.3, -0.25) is 14.7 Å². The molecule has 308 valence electrons. The van der Waals surface area contributed by atoms with Crippen LogP contribution in [0.25, 0.3) is 0 Å². The number of rotatable bonds is 2. The van der Waals surface area contributed by atoms with Crippen LogP contribution in [-0.2, 0) is 26.4 Å². The lowest BCUT2D eigenvalue weighted by Crippen LogP contribution is -2.69.